The smallest absolute Gasteiger partial charge is 0.306 e. The lowest BCUT2D eigenvalue weighted by molar-refractivity contribution is -0.142. The predicted octanol–water partition coefficient (Wildman–Crippen LogP) is 3.60. The van der Waals surface area contributed by atoms with Crippen molar-refractivity contribution in [1.82, 2.24) is 4.98 Å². The van der Waals surface area contributed by atoms with Crippen LogP contribution in [0.25, 0.3) is 10.9 Å². The number of benzene rings is 1. The fourth-order valence-corrected chi connectivity index (χ4v) is 3.14. The molecular weight excluding hydrogens is 286 g/mol. The number of hydrogen-bond acceptors (Lipinski definition) is 5. The third kappa shape index (κ3) is 3.88. The van der Waals surface area contributed by atoms with Gasteiger partial charge in [-0.1, -0.05) is 12.1 Å². The van der Waals surface area contributed by atoms with Gasteiger partial charge in [-0.15, -0.1) is 11.8 Å². The van der Waals surface area contributed by atoms with Crippen molar-refractivity contribution in [1.29, 1.82) is 0 Å². The van der Waals surface area contributed by atoms with E-state index >= 15 is 0 Å². The number of aryl methyl sites for hydroxylation is 1. The van der Waals surface area contributed by atoms with E-state index in [0.717, 1.165) is 27.2 Å². The number of para-hydroxylation sites is 1. The Kier molecular flexibility index (Phi) is 5.44. The summed E-state index contributed by atoms with van der Waals surface area (Å²) in [6.07, 6.45) is 0.408. The number of pyridine rings is 1. The van der Waals surface area contributed by atoms with Gasteiger partial charge in [-0.2, -0.15) is 0 Å². The molecule has 0 N–H and O–H groups in total. The first-order valence-electron chi connectivity index (χ1n) is 6.88. The van der Waals surface area contributed by atoms with E-state index in [1.54, 1.807) is 18.9 Å². The number of fused-ring (bicyclic) bond motifs is 1. The van der Waals surface area contributed by atoms with Crippen molar-refractivity contribution in [2.75, 3.05) is 19.5 Å². The zero-order valence-electron chi connectivity index (χ0n) is 12.5. The molecule has 0 atom stereocenters. The molecule has 1 heterocycles. The van der Waals surface area contributed by atoms with Gasteiger partial charge >= 0.3 is 5.97 Å². The van der Waals surface area contributed by atoms with Crippen molar-refractivity contribution in [3.8, 4) is 5.75 Å². The molecule has 0 fully saturated rings. The second kappa shape index (κ2) is 7.31. The van der Waals surface area contributed by atoms with Crippen LogP contribution in [0.3, 0.4) is 0 Å². The second-order valence-corrected chi connectivity index (χ2v) is 5.66. The Hall–Kier alpha value is -1.75. The van der Waals surface area contributed by atoms with Crippen LogP contribution in [0.4, 0.5) is 0 Å². The van der Waals surface area contributed by atoms with Crippen LogP contribution in [-0.2, 0) is 9.53 Å². The number of aromatic nitrogens is 1. The van der Waals surface area contributed by atoms with Crippen LogP contribution in [-0.4, -0.2) is 30.4 Å². The number of thioether (sulfide) groups is 1. The van der Waals surface area contributed by atoms with Gasteiger partial charge in [-0.05, 0) is 26.0 Å². The van der Waals surface area contributed by atoms with E-state index in [0.29, 0.717) is 18.8 Å². The van der Waals surface area contributed by atoms with Crippen LogP contribution >= 0.6 is 11.8 Å². The van der Waals surface area contributed by atoms with E-state index in [1.165, 1.54) is 0 Å². The molecule has 0 aliphatic rings. The van der Waals surface area contributed by atoms with Crippen LogP contribution < -0.4 is 4.74 Å². The summed E-state index contributed by atoms with van der Waals surface area (Å²) >= 11 is 1.64. The van der Waals surface area contributed by atoms with E-state index < -0.39 is 0 Å². The summed E-state index contributed by atoms with van der Waals surface area (Å²) in [6, 6.07) is 7.92. The summed E-state index contributed by atoms with van der Waals surface area (Å²) in [6.45, 7) is 4.20. The predicted molar refractivity (Wildman–Crippen MR) is 85.0 cm³/mol. The summed E-state index contributed by atoms with van der Waals surface area (Å²) < 4.78 is 10.3. The Morgan fingerprint density at radius 1 is 1.38 bits per heavy atom. The van der Waals surface area contributed by atoms with Crippen molar-refractivity contribution in [3.05, 3.63) is 30.0 Å². The van der Waals surface area contributed by atoms with Gasteiger partial charge in [0.1, 0.15) is 11.3 Å². The number of carbonyl (C=O) groups excluding carboxylic acids is 1. The van der Waals surface area contributed by atoms with Gasteiger partial charge in [0.05, 0.1) is 20.1 Å². The lowest BCUT2D eigenvalue weighted by Gasteiger charge is -2.10. The number of esters is 1. The molecule has 0 amide bonds. The Balaban J connectivity index is 2.21. The summed E-state index contributed by atoms with van der Waals surface area (Å²) in [5.74, 6) is 1.30. The van der Waals surface area contributed by atoms with E-state index in [2.05, 4.69) is 4.98 Å². The van der Waals surface area contributed by atoms with Gasteiger partial charge in [0.25, 0.3) is 0 Å². The van der Waals surface area contributed by atoms with E-state index in [4.69, 9.17) is 9.47 Å². The van der Waals surface area contributed by atoms with Crippen molar-refractivity contribution in [2.45, 2.75) is 25.2 Å². The maximum Gasteiger partial charge on any atom is 0.306 e. The summed E-state index contributed by atoms with van der Waals surface area (Å²) in [5.41, 5.74) is 1.80. The van der Waals surface area contributed by atoms with Crippen LogP contribution in [0.2, 0.25) is 0 Å². The summed E-state index contributed by atoms with van der Waals surface area (Å²) in [5, 5.41) is 1.05. The Bertz CT molecular complexity index is 643. The van der Waals surface area contributed by atoms with Gasteiger partial charge in [0.15, 0.2) is 0 Å². The third-order valence-electron chi connectivity index (χ3n) is 2.98. The molecule has 4 nitrogen and oxygen atoms in total. The molecule has 0 aliphatic heterocycles. The molecule has 2 rings (SSSR count). The van der Waals surface area contributed by atoms with Gasteiger partial charge < -0.3 is 9.47 Å². The average molecular weight is 305 g/mol. The molecular formula is C16H19NO3S. The number of carbonyl (C=O) groups is 1. The molecule has 0 radical (unpaired) electrons. The third-order valence-corrected chi connectivity index (χ3v) is 4.04. The first kappa shape index (κ1) is 15.6. The number of rotatable bonds is 6. The molecule has 0 saturated heterocycles. The highest BCUT2D eigenvalue weighted by molar-refractivity contribution is 7.99. The van der Waals surface area contributed by atoms with Gasteiger partial charge in [0.2, 0.25) is 0 Å². The molecule has 0 bridgehead atoms. The maximum absolute atomic E-state index is 11.4. The van der Waals surface area contributed by atoms with Crippen molar-refractivity contribution in [2.24, 2.45) is 0 Å². The fourth-order valence-electron chi connectivity index (χ4n) is 2.07. The van der Waals surface area contributed by atoms with Gasteiger partial charge in [0, 0.05) is 21.7 Å². The first-order valence-corrected chi connectivity index (χ1v) is 7.87. The van der Waals surface area contributed by atoms with E-state index in [9.17, 15) is 4.79 Å². The zero-order valence-corrected chi connectivity index (χ0v) is 13.3. The summed E-state index contributed by atoms with van der Waals surface area (Å²) in [4.78, 5) is 17.1. The standard InChI is InChI=1S/C16H19NO3S/c1-4-20-15(18)8-9-21-14-10-11(2)17-16-12(14)6-5-7-13(16)19-3/h5-7,10H,4,8-9H2,1-3H3. The van der Waals surface area contributed by atoms with Crippen LogP contribution in [0, 0.1) is 6.92 Å². The van der Waals surface area contributed by atoms with Crippen molar-refractivity contribution >= 4 is 28.6 Å². The second-order valence-electron chi connectivity index (χ2n) is 4.52. The van der Waals surface area contributed by atoms with Crippen LogP contribution in [0.15, 0.2) is 29.2 Å². The minimum atomic E-state index is -0.155. The molecule has 5 heteroatoms. The van der Waals surface area contributed by atoms with Crippen LogP contribution in [0.1, 0.15) is 19.0 Å². The zero-order chi connectivity index (χ0) is 15.2. The SMILES string of the molecule is CCOC(=O)CCSc1cc(C)nc2c(OC)cccc12. The molecule has 112 valence electrons. The maximum atomic E-state index is 11.4. The summed E-state index contributed by atoms with van der Waals surface area (Å²) in [7, 11) is 1.65. The molecule has 0 saturated carbocycles. The fraction of sp³-hybridized carbons (Fsp3) is 0.375. The number of ether oxygens (including phenoxy) is 2. The van der Waals surface area contributed by atoms with E-state index in [-0.39, 0.29) is 5.97 Å². The molecule has 0 spiro atoms. The Morgan fingerprint density at radius 2 is 2.19 bits per heavy atom. The largest absolute Gasteiger partial charge is 0.494 e. The Labute approximate surface area is 128 Å². The molecule has 0 unspecified atom stereocenters. The molecule has 2 aromatic rings. The highest BCUT2D eigenvalue weighted by Gasteiger charge is 2.10. The normalized spacial score (nSPS) is 10.6. The quantitative estimate of drug-likeness (QED) is 0.603. The van der Waals surface area contributed by atoms with Crippen LogP contribution in [0.5, 0.6) is 5.75 Å². The van der Waals surface area contributed by atoms with Crippen molar-refractivity contribution in [3.63, 3.8) is 0 Å². The lowest BCUT2D eigenvalue weighted by atomic mass is 10.2. The molecule has 1 aromatic heterocycles. The van der Waals surface area contributed by atoms with Gasteiger partial charge in [-0.25, -0.2) is 4.98 Å². The minimum Gasteiger partial charge on any atom is -0.494 e. The molecule has 21 heavy (non-hydrogen) atoms. The first-order chi connectivity index (χ1) is 10.2. The van der Waals surface area contributed by atoms with Crippen molar-refractivity contribution < 1.29 is 14.3 Å². The topological polar surface area (TPSA) is 48.4 Å². The van der Waals surface area contributed by atoms with E-state index in [1.807, 2.05) is 38.1 Å². The highest BCUT2D eigenvalue weighted by atomic mass is 32.2. The number of nitrogens with zero attached hydrogens (tertiary/aromatic N) is 1. The Morgan fingerprint density at radius 3 is 2.90 bits per heavy atom. The molecule has 0 aliphatic carbocycles. The highest BCUT2D eigenvalue weighted by Crippen LogP contribution is 2.32. The number of methoxy groups -OCH3 is 1. The monoisotopic (exact) mass is 305 g/mol. The number of hydrogen-bond donors (Lipinski definition) is 0. The molecule has 1 aromatic carbocycles. The average Bonchev–Trinajstić information content (AvgIpc) is 2.46. The lowest BCUT2D eigenvalue weighted by Crippen LogP contribution is -2.04. The van der Waals surface area contributed by atoms with Gasteiger partial charge in [-0.3, -0.25) is 4.79 Å². The minimum absolute atomic E-state index is 0.155.